The number of rotatable bonds is 3. The van der Waals surface area contributed by atoms with Crippen LogP contribution in [0.15, 0.2) is 16.6 Å². The molecule has 0 aromatic heterocycles. The molecule has 0 fully saturated rings. The summed E-state index contributed by atoms with van der Waals surface area (Å²) in [5.74, 6) is 0.624. The summed E-state index contributed by atoms with van der Waals surface area (Å²) in [6.07, 6.45) is 0. The molecule has 0 aliphatic heterocycles. The Morgan fingerprint density at radius 2 is 2.21 bits per heavy atom. The van der Waals surface area contributed by atoms with E-state index in [1.165, 1.54) is 13.2 Å². The van der Waals surface area contributed by atoms with E-state index in [1.54, 1.807) is 6.07 Å². The van der Waals surface area contributed by atoms with Gasteiger partial charge in [0.25, 0.3) is 5.69 Å². The van der Waals surface area contributed by atoms with Gasteiger partial charge >= 0.3 is 0 Å². The first-order valence-corrected chi connectivity index (χ1v) is 5.59. The average Bonchev–Trinajstić information content (AvgIpc) is 2.16. The van der Waals surface area contributed by atoms with Gasteiger partial charge in [-0.2, -0.15) is 0 Å². The number of nitro groups is 1. The number of ether oxygens (including phenoxy) is 1. The maximum atomic E-state index is 10.6. The van der Waals surface area contributed by atoms with Gasteiger partial charge < -0.3 is 4.74 Å². The molecule has 0 aliphatic carbocycles. The highest BCUT2D eigenvalue weighted by molar-refractivity contribution is 9.11. The minimum absolute atomic E-state index is 0.0419. The van der Waals surface area contributed by atoms with Gasteiger partial charge in [-0.3, -0.25) is 10.1 Å². The first kappa shape index (κ1) is 11.5. The number of methoxy groups -OCH3 is 1. The Morgan fingerprint density at radius 3 is 2.64 bits per heavy atom. The minimum Gasteiger partial charge on any atom is -0.496 e. The van der Waals surface area contributed by atoms with Gasteiger partial charge in [0.1, 0.15) is 10.2 Å². The predicted octanol–water partition coefficient (Wildman–Crippen LogP) is 3.26. The molecular formula is C8H7Br2NO3. The number of hydrogen-bond acceptors (Lipinski definition) is 3. The summed E-state index contributed by atoms with van der Waals surface area (Å²) in [6, 6.07) is 2.99. The summed E-state index contributed by atoms with van der Waals surface area (Å²) in [5, 5.41) is 11.1. The molecule has 0 saturated carbocycles. The van der Waals surface area contributed by atoms with Crippen LogP contribution in [0.2, 0.25) is 0 Å². The maximum absolute atomic E-state index is 10.6. The van der Waals surface area contributed by atoms with Crippen molar-refractivity contribution >= 4 is 37.5 Å². The topological polar surface area (TPSA) is 52.4 Å². The van der Waals surface area contributed by atoms with Crippen molar-refractivity contribution in [1.29, 1.82) is 0 Å². The van der Waals surface area contributed by atoms with Crippen molar-refractivity contribution in [1.82, 2.24) is 0 Å². The first-order valence-electron chi connectivity index (χ1n) is 3.67. The second-order valence-electron chi connectivity index (χ2n) is 2.47. The summed E-state index contributed by atoms with van der Waals surface area (Å²) >= 11 is 6.43. The third-order valence-electron chi connectivity index (χ3n) is 1.73. The second kappa shape index (κ2) is 4.75. The van der Waals surface area contributed by atoms with Gasteiger partial charge in [0, 0.05) is 17.0 Å². The molecule has 0 N–H and O–H groups in total. The third kappa shape index (κ3) is 2.06. The van der Waals surface area contributed by atoms with Crippen molar-refractivity contribution < 1.29 is 9.66 Å². The fraction of sp³-hybridized carbons (Fsp3) is 0.250. The van der Waals surface area contributed by atoms with Crippen LogP contribution in [0.4, 0.5) is 5.69 Å². The van der Waals surface area contributed by atoms with Gasteiger partial charge in [-0.15, -0.1) is 0 Å². The molecular weight excluding hydrogens is 318 g/mol. The molecule has 14 heavy (non-hydrogen) atoms. The van der Waals surface area contributed by atoms with Gasteiger partial charge in [-0.05, 0) is 22.0 Å². The fourth-order valence-corrected chi connectivity index (χ4v) is 2.59. The standard InChI is InChI=1S/C8H7Br2NO3/c1-14-7-3-2-6(11(12)13)8(10)5(7)4-9/h2-3H,4H2,1H3. The molecule has 0 radical (unpaired) electrons. The van der Waals surface area contributed by atoms with Crippen LogP contribution in [0.1, 0.15) is 5.56 Å². The Balaban J connectivity index is 3.34. The number of nitrogens with zero attached hydrogens (tertiary/aromatic N) is 1. The highest BCUT2D eigenvalue weighted by Gasteiger charge is 2.18. The van der Waals surface area contributed by atoms with Crippen molar-refractivity contribution in [2.24, 2.45) is 0 Å². The lowest BCUT2D eigenvalue weighted by molar-refractivity contribution is -0.385. The van der Waals surface area contributed by atoms with Crippen LogP contribution in [0.5, 0.6) is 5.75 Å². The molecule has 0 heterocycles. The normalized spacial score (nSPS) is 9.93. The molecule has 0 saturated heterocycles. The summed E-state index contributed by atoms with van der Waals surface area (Å²) in [4.78, 5) is 10.2. The number of benzene rings is 1. The van der Waals surface area contributed by atoms with Crippen LogP contribution in [0.25, 0.3) is 0 Å². The summed E-state index contributed by atoms with van der Waals surface area (Å²) in [6.45, 7) is 0. The van der Waals surface area contributed by atoms with E-state index in [4.69, 9.17) is 4.74 Å². The maximum Gasteiger partial charge on any atom is 0.284 e. The highest BCUT2D eigenvalue weighted by Crippen LogP contribution is 2.35. The zero-order valence-electron chi connectivity index (χ0n) is 7.29. The molecule has 76 valence electrons. The quantitative estimate of drug-likeness (QED) is 0.487. The fourth-order valence-electron chi connectivity index (χ4n) is 1.05. The Labute approximate surface area is 97.7 Å². The van der Waals surface area contributed by atoms with Crippen LogP contribution in [-0.4, -0.2) is 12.0 Å². The molecule has 6 heteroatoms. The predicted molar refractivity (Wildman–Crippen MR) is 60.0 cm³/mol. The van der Waals surface area contributed by atoms with Crippen LogP contribution in [0, 0.1) is 10.1 Å². The van der Waals surface area contributed by atoms with E-state index in [1.807, 2.05) is 0 Å². The zero-order chi connectivity index (χ0) is 10.7. The average molecular weight is 325 g/mol. The van der Waals surface area contributed by atoms with Gasteiger partial charge in [0.15, 0.2) is 0 Å². The van der Waals surface area contributed by atoms with Crippen molar-refractivity contribution in [3.8, 4) is 5.75 Å². The Bertz CT molecular complexity index is 368. The van der Waals surface area contributed by atoms with E-state index in [0.717, 1.165) is 5.56 Å². The molecule has 0 bridgehead atoms. The Morgan fingerprint density at radius 1 is 1.57 bits per heavy atom. The molecule has 0 atom stereocenters. The highest BCUT2D eigenvalue weighted by atomic mass is 79.9. The van der Waals surface area contributed by atoms with E-state index in [2.05, 4.69) is 31.9 Å². The molecule has 0 amide bonds. The molecule has 1 aromatic rings. The van der Waals surface area contributed by atoms with E-state index in [9.17, 15) is 10.1 Å². The first-order chi connectivity index (χ1) is 6.61. The summed E-state index contributed by atoms with van der Waals surface area (Å²) in [5.41, 5.74) is 0.780. The number of alkyl halides is 1. The lowest BCUT2D eigenvalue weighted by Crippen LogP contribution is -1.95. The summed E-state index contributed by atoms with van der Waals surface area (Å²) < 4.78 is 5.53. The number of hydrogen-bond donors (Lipinski definition) is 0. The summed E-state index contributed by atoms with van der Waals surface area (Å²) in [7, 11) is 1.53. The van der Waals surface area contributed by atoms with E-state index >= 15 is 0 Å². The van der Waals surface area contributed by atoms with Gasteiger partial charge in [-0.25, -0.2) is 0 Å². The van der Waals surface area contributed by atoms with Gasteiger partial charge in [-0.1, -0.05) is 15.9 Å². The lowest BCUT2D eigenvalue weighted by atomic mass is 10.2. The van der Waals surface area contributed by atoms with Crippen molar-refractivity contribution in [2.45, 2.75) is 5.33 Å². The molecule has 0 aliphatic rings. The second-order valence-corrected chi connectivity index (χ2v) is 3.82. The molecule has 1 aromatic carbocycles. The van der Waals surface area contributed by atoms with Gasteiger partial charge in [0.05, 0.1) is 12.0 Å². The molecule has 1 rings (SSSR count). The Kier molecular flexibility index (Phi) is 3.88. The lowest BCUT2D eigenvalue weighted by Gasteiger charge is -2.07. The van der Waals surface area contributed by atoms with Crippen LogP contribution in [-0.2, 0) is 5.33 Å². The van der Waals surface area contributed by atoms with Crippen molar-refractivity contribution in [3.63, 3.8) is 0 Å². The van der Waals surface area contributed by atoms with Crippen molar-refractivity contribution in [3.05, 3.63) is 32.3 Å². The number of nitro benzene ring substituents is 1. The third-order valence-corrected chi connectivity index (χ3v) is 3.18. The van der Waals surface area contributed by atoms with Crippen LogP contribution in [0.3, 0.4) is 0 Å². The van der Waals surface area contributed by atoms with Gasteiger partial charge in [0.2, 0.25) is 0 Å². The molecule has 0 spiro atoms. The van der Waals surface area contributed by atoms with Crippen molar-refractivity contribution in [2.75, 3.05) is 7.11 Å². The number of halogens is 2. The Hall–Kier alpha value is -0.620. The van der Waals surface area contributed by atoms with E-state index in [0.29, 0.717) is 15.6 Å². The SMILES string of the molecule is COc1ccc([N+](=O)[O-])c(Br)c1CBr. The zero-order valence-corrected chi connectivity index (χ0v) is 10.5. The monoisotopic (exact) mass is 323 g/mol. The van der Waals surface area contributed by atoms with Crippen LogP contribution < -0.4 is 4.74 Å². The van der Waals surface area contributed by atoms with E-state index in [-0.39, 0.29) is 5.69 Å². The molecule has 4 nitrogen and oxygen atoms in total. The largest absolute Gasteiger partial charge is 0.496 e. The van der Waals surface area contributed by atoms with Crippen LogP contribution >= 0.6 is 31.9 Å². The smallest absolute Gasteiger partial charge is 0.284 e. The minimum atomic E-state index is -0.435. The van der Waals surface area contributed by atoms with E-state index < -0.39 is 4.92 Å². The molecule has 0 unspecified atom stereocenters.